The third kappa shape index (κ3) is 5.19. The number of amides is 1. The highest BCUT2D eigenvalue weighted by Gasteiger charge is 2.11. The van der Waals surface area contributed by atoms with Gasteiger partial charge in [-0.25, -0.2) is 15.8 Å². The minimum Gasteiger partial charge on any atom is -0.383 e. The van der Waals surface area contributed by atoms with E-state index in [-0.39, 0.29) is 12.5 Å². The summed E-state index contributed by atoms with van der Waals surface area (Å²) in [5.41, 5.74) is 2.48. The average molecular weight is 300 g/mol. The van der Waals surface area contributed by atoms with Crippen LogP contribution in [0.1, 0.15) is 0 Å². The van der Waals surface area contributed by atoms with Gasteiger partial charge in [-0.15, -0.1) is 0 Å². The Bertz CT molecular complexity index is 423. The second-order valence-corrected chi connectivity index (χ2v) is 4.71. The number of hydrazine groups is 1. The molecule has 0 spiro atoms. The standard InChI is InChI=1S/C11H20N6O2S/c1-17(7-10(18)13-4-5-19-2)9-6-8(16-12)14-11(15-9)20-3/h6H,4-5,7,12H2,1-3H3,(H,13,18)(H,14,15,16). The number of carbonyl (C=O) groups is 1. The predicted octanol–water partition coefficient (Wildman–Crippen LogP) is -0.317. The molecule has 0 fully saturated rings. The number of carbonyl (C=O) groups excluding carboxylic acids is 1. The summed E-state index contributed by atoms with van der Waals surface area (Å²) < 4.78 is 4.87. The first kappa shape index (κ1) is 16.5. The van der Waals surface area contributed by atoms with Gasteiger partial charge in [0.2, 0.25) is 5.91 Å². The Morgan fingerprint density at radius 3 is 2.90 bits per heavy atom. The number of rotatable bonds is 8. The van der Waals surface area contributed by atoms with E-state index < -0.39 is 0 Å². The van der Waals surface area contributed by atoms with Crippen molar-refractivity contribution >= 4 is 29.3 Å². The van der Waals surface area contributed by atoms with Crippen LogP contribution in [0.2, 0.25) is 0 Å². The maximum Gasteiger partial charge on any atom is 0.239 e. The van der Waals surface area contributed by atoms with Gasteiger partial charge in [-0.05, 0) is 6.26 Å². The predicted molar refractivity (Wildman–Crippen MR) is 79.8 cm³/mol. The summed E-state index contributed by atoms with van der Waals surface area (Å²) in [4.78, 5) is 21.9. The molecule has 0 aliphatic rings. The van der Waals surface area contributed by atoms with Crippen molar-refractivity contribution < 1.29 is 9.53 Å². The molecule has 0 radical (unpaired) electrons. The van der Waals surface area contributed by atoms with Crippen LogP contribution in [0.5, 0.6) is 0 Å². The molecule has 9 heteroatoms. The second-order valence-electron chi connectivity index (χ2n) is 3.94. The Hall–Kier alpha value is -1.58. The van der Waals surface area contributed by atoms with Crippen LogP contribution >= 0.6 is 11.8 Å². The van der Waals surface area contributed by atoms with Gasteiger partial charge in [0.25, 0.3) is 0 Å². The van der Waals surface area contributed by atoms with Crippen LogP contribution in [0.25, 0.3) is 0 Å². The van der Waals surface area contributed by atoms with Gasteiger partial charge in [0.15, 0.2) is 5.16 Å². The van der Waals surface area contributed by atoms with Crippen molar-refractivity contribution in [1.29, 1.82) is 0 Å². The number of nitrogens with zero attached hydrogens (tertiary/aromatic N) is 3. The summed E-state index contributed by atoms with van der Waals surface area (Å²) in [6.45, 7) is 1.16. The molecule has 0 bridgehead atoms. The lowest BCUT2D eigenvalue weighted by Gasteiger charge is -2.18. The van der Waals surface area contributed by atoms with Crippen LogP contribution in [0.3, 0.4) is 0 Å². The Balaban J connectivity index is 2.66. The second kappa shape index (κ2) is 8.56. The number of ether oxygens (including phenoxy) is 1. The number of methoxy groups -OCH3 is 1. The van der Waals surface area contributed by atoms with Gasteiger partial charge in [0.1, 0.15) is 11.6 Å². The van der Waals surface area contributed by atoms with Crippen LogP contribution in [0, 0.1) is 0 Å². The van der Waals surface area contributed by atoms with Crippen LogP contribution < -0.4 is 21.5 Å². The molecule has 0 saturated heterocycles. The van der Waals surface area contributed by atoms with E-state index in [2.05, 4.69) is 20.7 Å². The number of nitrogens with one attached hydrogen (secondary N) is 2. The number of nitrogen functional groups attached to an aromatic ring is 1. The number of aromatic nitrogens is 2. The summed E-state index contributed by atoms with van der Waals surface area (Å²) in [6.07, 6.45) is 1.87. The van der Waals surface area contributed by atoms with Crippen molar-refractivity contribution in [2.24, 2.45) is 5.84 Å². The Morgan fingerprint density at radius 1 is 1.55 bits per heavy atom. The highest BCUT2D eigenvalue weighted by atomic mass is 32.2. The summed E-state index contributed by atoms with van der Waals surface area (Å²) >= 11 is 1.40. The van der Waals surface area contributed by atoms with Crippen molar-refractivity contribution in [3.63, 3.8) is 0 Å². The fourth-order valence-corrected chi connectivity index (χ4v) is 1.79. The molecule has 1 rings (SSSR count). The maximum absolute atomic E-state index is 11.7. The van der Waals surface area contributed by atoms with E-state index in [4.69, 9.17) is 10.6 Å². The fraction of sp³-hybridized carbons (Fsp3) is 0.545. The Kier molecular flexibility index (Phi) is 7.05. The van der Waals surface area contributed by atoms with Crippen molar-refractivity contribution in [3.05, 3.63) is 6.07 Å². The van der Waals surface area contributed by atoms with Gasteiger partial charge >= 0.3 is 0 Å². The lowest BCUT2D eigenvalue weighted by Crippen LogP contribution is -2.37. The molecule has 112 valence electrons. The molecule has 0 aliphatic heterocycles. The third-order valence-electron chi connectivity index (χ3n) is 2.42. The average Bonchev–Trinajstić information content (AvgIpc) is 2.46. The van der Waals surface area contributed by atoms with Crippen molar-refractivity contribution in [1.82, 2.24) is 15.3 Å². The van der Waals surface area contributed by atoms with E-state index >= 15 is 0 Å². The Labute approximate surface area is 122 Å². The highest BCUT2D eigenvalue weighted by Crippen LogP contribution is 2.18. The van der Waals surface area contributed by atoms with Gasteiger partial charge in [-0.2, -0.15) is 0 Å². The van der Waals surface area contributed by atoms with E-state index in [1.165, 1.54) is 11.8 Å². The van der Waals surface area contributed by atoms with E-state index in [0.29, 0.717) is 29.9 Å². The molecule has 0 aliphatic carbocycles. The molecule has 1 aromatic heterocycles. The van der Waals surface area contributed by atoms with Gasteiger partial charge in [0.05, 0.1) is 13.2 Å². The fourth-order valence-electron chi connectivity index (χ4n) is 1.42. The minimum absolute atomic E-state index is 0.101. The van der Waals surface area contributed by atoms with Crippen LogP contribution in [-0.4, -0.2) is 56.0 Å². The van der Waals surface area contributed by atoms with Gasteiger partial charge in [-0.3, -0.25) is 4.79 Å². The van der Waals surface area contributed by atoms with E-state index in [0.717, 1.165) is 0 Å². The molecular formula is C11H20N6O2S. The van der Waals surface area contributed by atoms with Gasteiger partial charge in [0, 0.05) is 26.8 Å². The summed E-state index contributed by atoms with van der Waals surface area (Å²) in [5, 5.41) is 3.33. The van der Waals surface area contributed by atoms with Crippen molar-refractivity contribution in [2.75, 3.05) is 50.4 Å². The largest absolute Gasteiger partial charge is 0.383 e. The molecule has 1 amide bonds. The highest BCUT2D eigenvalue weighted by molar-refractivity contribution is 7.98. The zero-order valence-electron chi connectivity index (χ0n) is 11.8. The lowest BCUT2D eigenvalue weighted by atomic mass is 10.4. The number of hydrogen-bond donors (Lipinski definition) is 3. The van der Waals surface area contributed by atoms with E-state index in [1.54, 1.807) is 25.1 Å². The number of thioether (sulfide) groups is 1. The Morgan fingerprint density at radius 2 is 2.30 bits per heavy atom. The zero-order valence-corrected chi connectivity index (χ0v) is 12.7. The molecule has 4 N–H and O–H groups in total. The molecule has 0 unspecified atom stereocenters. The molecule has 1 aromatic rings. The first-order valence-corrected chi connectivity index (χ1v) is 7.19. The molecule has 8 nitrogen and oxygen atoms in total. The molecule has 0 saturated carbocycles. The third-order valence-corrected chi connectivity index (χ3v) is 2.97. The number of nitrogens with two attached hydrogens (primary N) is 1. The maximum atomic E-state index is 11.7. The van der Waals surface area contributed by atoms with E-state index in [9.17, 15) is 4.79 Å². The minimum atomic E-state index is -0.101. The van der Waals surface area contributed by atoms with Crippen LogP contribution in [-0.2, 0) is 9.53 Å². The summed E-state index contributed by atoms with van der Waals surface area (Å²) in [6, 6.07) is 1.68. The molecule has 20 heavy (non-hydrogen) atoms. The quantitative estimate of drug-likeness (QED) is 0.197. The SMILES string of the molecule is COCCNC(=O)CN(C)c1cc(NN)nc(SC)n1. The molecule has 0 aromatic carbocycles. The molecule has 1 heterocycles. The summed E-state index contributed by atoms with van der Waals surface area (Å²) in [7, 11) is 3.37. The zero-order chi connectivity index (χ0) is 15.0. The lowest BCUT2D eigenvalue weighted by molar-refractivity contribution is -0.119. The first-order valence-electron chi connectivity index (χ1n) is 5.97. The first-order chi connectivity index (χ1) is 9.60. The monoisotopic (exact) mass is 300 g/mol. The van der Waals surface area contributed by atoms with Gasteiger partial charge in [-0.1, -0.05) is 11.8 Å². The molecular weight excluding hydrogens is 280 g/mol. The van der Waals surface area contributed by atoms with Crippen LogP contribution in [0.4, 0.5) is 11.6 Å². The van der Waals surface area contributed by atoms with Crippen molar-refractivity contribution in [3.8, 4) is 0 Å². The number of anilines is 2. The normalized spacial score (nSPS) is 10.2. The number of hydrogen-bond acceptors (Lipinski definition) is 8. The summed E-state index contributed by atoms with van der Waals surface area (Å²) in [5.74, 6) is 6.39. The van der Waals surface area contributed by atoms with Crippen molar-refractivity contribution in [2.45, 2.75) is 5.16 Å². The van der Waals surface area contributed by atoms with Gasteiger partial charge < -0.3 is 20.4 Å². The smallest absolute Gasteiger partial charge is 0.239 e. The van der Waals surface area contributed by atoms with E-state index in [1.807, 2.05) is 6.26 Å². The molecule has 0 atom stereocenters. The number of likely N-dealkylation sites (N-methyl/N-ethyl adjacent to an activating group) is 1. The van der Waals surface area contributed by atoms with Crippen LogP contribution in [0.15, 0.2) is 11.2 Å². The topological polar surface area (TPSA) is 105 Å².